The normalized spacial score (nSPS) is 16.8. The fraction of sp³-hybridized carbons (Fsp3) is 0.286. The Labute approximate surface area is 233 Å². The van der Waals surface area contributed by atoms with Crippen molar-refractivity contribution < 1.29 is 24.2 Å². The van der Waals surface area contributed by atoms with Gasteiger partial charge in [0, 0.05) is 43.2 Å². The van der Waals surface area contributed by atoms with Crippen molar-refractivity contribution in [2.75, 3.05) is 45.2 Å². The van der Waals surface area contributed by atoms with Crippen LogP contribution in [0.25, 0.3) is 32.8 Å². The Morgan fingerprint density at radius 2 is 1.82 bits per heavy atom. The molecule has 2 amide bonds. The number of aromatic nitrogens is 2. The van der Waals surface area contributed by atoms with E-state index in [1.165, 1.54) is 12.1 Å². The number of phenolic OH excluding ortho intramolecular Hbond substituents is 1. The van der Waals surface area contributed by atoms with E-state index in [1.807, 2.05) is 25.1 Å². The monoisotopic (exact) mass is 564 g/mol. The summed E-state index contributed by atoms with van der Waals surface area (Å²) >= 11 is 6.72. The Morgan fingerprint density at radius 1 is 1.12 bits per heavy atom. The highest BCUT2D eigenvalue weighted by Gasteiger charge is 2.54. The van der Waals surface area contributed by atoms with E-state index in [0.717, 1.165) is 4.90 Å². The van der Waals surface area contributed by atoms with Gasteiger partial charge in [-0.15, -0.1) is 0 Å². The van der Waals surface area contributed by atoms with Gasteiger partial charge in [0.1, 0.15) is 16.7 Å². The van der Waals surface area contributed by atoms with Crippen molar-refractivity contribution in [3.8, 4) is 16.9 Å². The van der Waals surface area contributed by atoms with Gasteiger partial charge in [0.2, 0.25) is 11.9 Å². The Hall–Kier alpha value is -4.22. The van der Waals surface area contributed by atoms with Crippen LogP contribution in [-0.4, -0.2) is 88.3 Å². The molecule has 1 aromatic heterocycles. The molecule has 40 heavy (non-hydrogen) atoms. The van der Waals surface area contributed by atoms with Crippen LogP contribution in [0.5, 0.6) is 5.75 Å². The van der Waals surface area contributed by atoms with Gasteiger partial charge in [-0.1, -0.05) is 35.9 Å². The van der Waals surface area contributed by atoms with E-state index in [4.69, 9.17) is 17.3 Å². The van der Waals surface area contributed by atoms with Crippen molar-refractivity contribution >= 4 is 51.2 Å². The van der Waals surface area contributed by atoms with Crippen LogP contribution in [-0.2, 0) is 10.2 Å². The highest BCUT2D eigenvalue weighted by Crippen LogP contribution is 2.44. The third-order valence-electron chi connectivity index (χ3n) is 7.98. The van der Waals surface area contributed by atoms with Gasteiger partial charge in [-0.05, 0) is 48.6 Å². The van der Waals surface area contributed by atoms with Crippen LogP contribution in [0.4, 0.5) is 15.1 Å². The molecule has 3 aromatic carbocycles. The number of likely N-dealkylation sites (N-methyl/N-ethyl adjacent to an activating group) is 1. The van der Waals surface area contributed by atoms with E-state index < -0.39 is 23.2 Å². The lowest BCUT2D eigenvalue weighted by molar-refractivity contribution is -0.129. The Kier molecular flexibility index (Phi) is 5.97. The maximum absolute atomic E-state index is 16.6. The van der Waals surface area contributed by atoms with E-state index in [2.05, 4.69) is 14.9 Å². The molecule has 0 spiro atoms. The molecule has 4 N–H and O–H groups in total. The average molecular weight is 565 g/mol. The number of fused-ring (bicyclic) bond motifs is 2. The number of hydrogen-bond donors (Lipinski definition) is 3. The largest absolute Gasteiger partial charge is 0.508 e. The lowest BCUT2D eigenvalue weighted by atomic mass is 9.74. The van der Waals surface area contributed by atoms with Crippen molar-refractivity contribution in [3.05, 3.63) is 59.0 Å². The van der Waals surface area contributed by atoms with Crippen LogP contribution in [0.1, 0.15) is 5.69 Å². The van der Waals surface area contributed by atoms with Gasteiger partial charge in [0.05, 0.1) is 10.7 Å². The van der Waals surface area contributed by atoms with Crippen LogP contribution in [0.2, 0.25) is 5.02 Å². The number of benzene rings is 3. The number of aromatic hydroxyl groups is 1. The van der Waals surface area contributed by atoms with Gasteiger partial charge >= 0.3 is 6.09 Å². The van der Waals surface area contributed by atoms with Gasteiger partial charge < -0.3 is 30.6 Å². The molecule has 2 saturated heterocycles. The number of carbonyl (C=O) groups is 2. The summed E-state index contributed by atoms with van der Waals surface area (Å²) < 4.78 is 16.6. The van der Waals surface area contributed by atoms with Crippen LogP contribution < -0.4 is 10.6 Å². The molecule has 10 nitrogen and oxygen atoms in total. The van der Waals surface area contributed by atoms with Crippen molar-refractivity contribution in [1.29, 1.82) is 0 Å². The standard InChI is InChI=1S/C28H26ClFN6O4/c1-34(2)15-10-35(11-15)26-32-23-19(24(33-26)28(25(31)38)12-36(13-28)27(39)40)9-20(29)21(22(23)30)18-8-16(37)7-14-5-3-4-6-17(14)18/h3-9,15,37H,10-13H2,1-2H3,(H2,31,38)(H,39,40). The van der Waals surface area contributed by atoms with E-state index in [0.29, 0.717) is 29.4 Å². The molecular formula is C28H26ClFN6O4. The molecular weight excluding hydrogens is 539 g/mol. The molecule has 0 radical (unpaired) electrons. The number of anilines is 1. The van der Waals surface area contributed by atoms with Crippen LogP contribution in [0, 0.1) is 5.82 Å². The zero-order chi connectivity index (χ0) is 28.5. The number of rotatable bonds is 5. The molecule has 0 bridgehead atoms. The summed E-state index contributed by atoms with van der Waals surface area (Å²) in [6, 6.07) is 12.0. The molecule has 0 saturated carbocycles. The first-order valence-electron chi connectivity index (χ1n) is 12.6. The average Bonchev–Trinajstić information content (AvgIpc) is 2.82. The van der Waals surface area contributed by atoms with Gasteiger partial charge in [0.25, 0.3) is 0 Å². The first-order valence-corrected chi connectivity index (χ1v) is 13.0. The number of nitrogens with two attached hydrogens (primary N) is 1. The van der Waals surface area contributed by atoms with Gasteiger partial charge in [-0.3, -0.25) is 4.79 Å². The van der Waals surface area contributed by atoms with E-state index in [1.54, 1.807) is 24.3 Å². The zero-order valence-corrected chi connectivity index (χ0v) is 22.5. The molecule has 3 heterocycles. The summed E-state index contributed by atoms with van der Waals surface area (Å²) in [6.45, 7) is 0.730. The second-order valence-electron chi connectivity index (χ2n) is 10.6. The number of phenols is 1. The molecule has 0 unspecified atom stereocenters. The first kappa shape index (κ1) is 26.0. The quantitative estimate of drug-likeness (QED) is 0.335. The Morgan fingerprint density at radius 3 is 2.48 bits per heavy atom. The zero-order valence-electron chi connectivity index (χ0n) is 21.7. The summed E-state index contributed by atoms with van der Waals surface area (Å²) in [4.78, 5) is 38.7. The fourth-order valence-corrected chi connectivity index (χ4v) is 5.84. The summed E-state index contributed by atoms with van der Waals surface area (Å²) in [5.41, 5.74) is 4.84. The van der Waals surface area contributed by atoms with Crippen molar-refractivity contribution in [1.82, 2.24) is 19.8 Å². The highest BCUT2D eigenvalue weighted by molar-refractivity contribution is 6.35. The minimum absolute atomic E-state index is 0.0176. The molecule has 206 valence electrons. The third-order valence-corrected chi connectivity index (χ3v) is 8.28. The number of nitrogens with zero attached hydrogens (tertiary/aromatic N) is 5. The van der Waals surface area contributed by atoms with Gasteiger partial charge in [-0.2, -0.15) is 0 Å². The molecule has 0 aliphatic carbocycles. The summed E-state index contributed by atoms with van der Waals surface area (Å²) in [7, 11) is 3.91. The van der Waals surface area contributed by atoms with Crippen LogP contribution in [0.3, 0.4) is 0 Å². The number of carboxylic acid groups (broad SMARTS) is 1. The smallest absolute Gasteiger partial charge is 0.407 e. The summed E-state index contributed by atoms with van der Waals surface area (Å²) in [5, 5.41) is 21.4. The molecule has 6 rings (SSSR count). The predicted molar refractivity (Wildman–Crippen MR) is 149 cm³/mol. The van der Waals surface area contributed by atoms with E-state index in [-0.39, 0.29) is 58.0 Å². The number of halogens is 2. The molecule has 2 fully saturated rings. The highest BCUT2D eigenvalue weighted by atomic mass is 35.5. The molecule has 0 atom stereocenters. The van der Waals surface area contributed by atoms with E-state index >= 15 is 4.39 Å². The van der Waals surface area contributed by atoms with Gasteiger partial charge in [0.15, 0.2) is 5.82 Å². The number of carbonyl (C=O) groups excluding carboxylic acids is 1. The fourth-order valence-electron chi connectivity index (χ4n) is 5.55. The second kappa shape index (κ2) is 9.17. The Bertz CT molecular complexity index is 1720. The topological polar surface area (TPSA) is 136 Å². The van der Waals surface area contributed by atoms with Crippen molar-refractivity contribution in [3.63, 3.8) is 0 Å². The maximum Gasteiger partial charge on any atom is 0.407 e. The number of hydrogen-bond acceptors (Lipinski definition) is 7. The second-order valence-corrected chi connectivity index (χ2v) is 11.0. The molecule has 2 aliphatic rings. The lowest BCUT2D eigenvalue weighted by Crippen LogP contribution is -2.67. The number of amides is 2. The minimum Gasteiger partial charge on any atom is -0.508 e. The maximum atomic E-state index is 16.6. The lowest BCUT2D eigenvalue weighted by Gasteiger charge is -2.47. The van der Waals surface area contributed by atoms with Crippen LogP contribution in [0.15, 0.2) is 42.5 Å². The summed E-state index contributed by atoms with van der Waals surface area (Å²) in [6.07, 6.45) is -1.20. The third kappa shape index (κ3) is 3.88. The van der Waals surface area contributed by atoms with Gasteiger partial charge in [-0.25, -0.2) is 19.2 Å². The van der Waals surface area contributed by atoms with Crippen LogP contribution >= 0.6 is 11.6 Å². The molecule has 12 heteroatoms. The van der Waals surface area contributed by atoms with Crippen molar-refractivity contribution in [2.24, 2.45) is 5.73 Å². The first-order chi connectivity index (χ1) is 19.0. The van der Waals surface area contributed by atoms with Crippen molar-refractivity contribution in [2.45, 2.75) is 11.5 Å². The Balaban J connectivity index is 1.61. The minimum atomic E-state index is -1.48. The summed E-state index contributed by atoms with van der Waals surface area (Å²) in [5.74, 6) is -1.37. The molecule has 4 aromatic rings. The predicted octanol–water partition coefficient (Wildman–Crippen LogP) is 3.42. The van der Waals surface area contributed by atoms with E-state index in [9.17, 15) is 19.8 Å². The number of likely N-dealkylation sites (tertiary alicyclic amines) is 1. The SMILES string of the molecule is CN(C)C1CN(c2nc(C3(C(N)=O)CN(C(=O)O)C3)c3cc(Cl)c(-c4cc(O)cc5ccccc45)c(F)c3n2)C1. The molecule has 2 aliphatic heterocycles. The number of primary amides is 1.